The van der Waals surface area contributed by atoms with E-state index in [1.54, 1.807) is 45.9 Å². The second kappa shape index (κ2) is 6.28. The predicted octanol–water partition coefficient (Wildman–Crippen LogP) is 2.14. The van der Waals surface area contributed by atoms with Crippen molar-refractivity contribution in [3.63, 3.8) is 0 Å². The Morgan fingerprint density at radius 1 is 1.29 bits per heavy atom. The molecule has 7 heteroatoms. The molecule has 1 aromatic rings. The molecule has 0 radical (unpaired) electrons. The molecule has 0 fully saturated rings. The van der Waals surface area contributed by atoms with E-state index in [1.165, 1.54) is 6.08 Å². The van der Waals surface area contributed by atoms with Gasteiger partial charge in [-0.2, -0.15) is 13.1 Å². The van der Waals surface area contributed by atoms with Crippen molar-refractivity contribution in [2.45, 2.75) is 33.2 Å². The van der Waals surface area contributed by atoms with Gasteiger partial charge in [0.1, 0.15) is 0 Å². The first-order valence-electron chi connectivity index (χ1n) is 6.32. The lowest BCUT2D eigenvalue weighted by molar-refractivity contribution is -0.131. The maximum absolute atomic E-state index is 12.0. The van der Waals surface area contributed by atoms with Gasteiger partial charge in [-0.1, -0.05) is 12.1 Å². The fourth-order valence-corrected chi connectivity index (χ4v) is 2.96. The van der Waals surface area contributed by atoms with Crippen LogP contribution >= 0.6 is 0 Å². The van der Waals surface area contributed by atoms with Gasteiger partial charge < -0.3 is 5.11 Å². The van der Waals surface area contributed by atoms with Crippen LogP contribution in [0.25, 0.3) is 6.08 Å². The van der Waals surface area contributed by atoms with Crippen LogP contribution in [0, 0.1) is 6.92 Å². The molecule has 6 nitrogen and oxygen atoms in total. The molecule has 0 unspecified atom stereocenters. The topological polar surface area (TPSA) is 95.5 Å². The number of aliphatic carboxylic acids is 1. The van der Waals surface area contributed by atoms with Crippen LogP contribution < -0.4 is 9.44 Å². The Morgan fingerprint density at radius 3 is 2.43 bits per heavy atom. The van der Waals surface area contributed by atoms with E-state index in [0.29, 0.717) is 11.3 Å². The Kier molecular flexibility index (Phi) is 5.14. The summed E-state index contributed by atoms with van der Waals surface area (Å²) in [7, 11) is -3.70. The molecule has 0 spiro atoms. The summed E-state index contributed by atoms with van der Waals surface area (Å²) in [6.45, 7) is 6.99. The average molecular weight is 312 g/mol. The zero-order valence-electron chi connectivity index (χ0n) is 12.5. The Hall–Kier alpha value is -1.86. The van der Waals surface area contributed by atoms with Gasteiger partial charge in [-0.05, 0) is 51.0 Å². The van der Waals surface area contributed by atoms with Crippen LogP contribution in [-0.4, -0.2) is 25.0 Å². The SMILES string of the molecule is Cc1ccc(/C=C/C(=O)O)cc1NS(=O)(=O)NC(C)(C)C. The van der Waals surface area contributed by atoms with Gasteiger partial charge in [-0.15, -0.1) is 0 Å². The number of hydrogen-bond donors (Lipinski definition) is 3. The molecule has 1 aromatic carbocycles. The van der Waals surface area contributed by atoms with Crippen molar-refractivity contribution in [3.8, 4) is 0 Å². The summed E-state index contributed by atoms with van der Waals surface area (Å²) in [6.07, 6.45) is 2.40. The number of carbonyl (C=O) groups is 1. The third-order valence-electron chi connectivity index (χ3n) is 2.36. The fourth-order valence-electron chi connectivity index (χ4n) is 1.59. The molecule has 0 amide bonds. The van der Waals surface area contributed by atoms with Gasteiger partial charge in [0.15, 0.2) is 0 Å². The van der Waals surface area contributed by atoms with Gasteiger partial charge in [0.25, 0.3) is 10.2 Å². The lowest BCUT2D eigenvalue weighted by Crippen LogP contribution is -2.43. The summed E-state index contributed by atoms with van der Waals surface area (Å²) in [4.78, 5) is 10.5. The molecule has 116 valence electrons. The third kappa shape index (κ3) is 6.42. The predicted molar refractivity (Wildman–Crippen MR) is 83.3 cm³/mol. The highest BCUT2D eigenvalue weighted by molar-refractivity contribution is 7.90. The molecule has 1 rings (SSSR count). The first-order chi connectivity index (χ1) is 9.48. The van der Waals surface area contributed by atoms with Crippen LogP contribution in [0.2, 0.25) is 0 Å². The minimum absolute atomic E-state index is 0.402. The minimum atomic E-state index is -3.70. The van der Waals surface area contributed by atoms with E-state index in [1.807, 2.05) is 0 Å². The summed E-state index contributed by atoms with van der Waals surface area (Å²) in [5.41, 5.74) is 1.14. The van der Waals surface area contributed by atoms with E-state index >= 15 is 0 Å². The van der Waals surface area contributed by atoms with E-state index in [4.69, 9.17) is 5.11 Å². The normalized spacial score (nSPS) is 12.6. The van der Waals surface area contributed by atoms with Crippen molar-refractivity contribution in [1.29, 1.82) is 0 Å². The number of nitrogens with one attached hydrogen (secondary N) is 2. The van der Waals surface area contributed by atoms with Crippen molar-refractivity contribution in [2.75, 3.05) is 4.72 Å². The lowest BCUT2D eigenvalue weighted by Gasteiger charge is -2.21. The third-order valence-corrected chi connectivity index (χ3v) is 3.73. The molecular weight excluding hydrogens is 292 g/mol. The Balaban J connectivity index is 3.03. The maximum atomic E-state index is 12.0. The Morgan fingerprint density at radius 2 is 1.90 bits per heavy atom. The zero-order chi connectivity index (χ0) is 16.3. The summed E-state index contributed by atoms with van der Waals surface area (Å²) in [6, 6.07) is 5.01. The zero-order valence-corrected chi connectivity index (χ0v) is 13.3. The quantitative estimate of drug-likeness (QED) is 0.726. The number of carboxylic acid groups (broad SMARTS) is 1. The summed E-state index contributed by atoms with van der Waals surface area (Å²) < 4.78 is 29.0. The van der Waals surface area contributed by atoms with Crippen molar-refractivity contribution in [2.24, 2.45) is 0 Å². The van der Waals surface area contributed by atoms with Crippen molar-refractivity contribution >= 4 is 27.9 Å². The van der Waals surface area contributed by atoms with Crippen LogP contribution in [0.4, 0.5) is 5.69 Å². The van der Waals surface area contributed by atoms with E-state index in [-0.39, 0.29) is 0 Å². The molecule has 0 bridgehead atoms. The number of anilines is 1. The molecule has 0 saturated heterocycles. The highest BCUT2D eigenvalue weighted by Crippen LogP contribution is 2.19. The fraction of sp³-hybridized carbons (Fsp3) is 0.357. The van der Waals surface area contributed by atoms with Gasteiger partial charge in [-0.25, -0.2) is 4.79 Å². The highest BCUT2D eigenvalue weighted by Gasteiger charge is 2.20. The molecule has 0 saturated carbocycles. The van der Waals surface area contributed by atoms with Crippen LogP contribution in [0.1, 0.15) is 31.9 Å². The number of carboxylic acids is 1. The Labute approximate surface area is 125 Å². The Bertz CT molecular complexity index is 658. The molecule has 21 heavy (non-hydrogen) atoms. The highest BCUT2D eigenvalue weighted by atomic mass is 32.2. The molecule has 0 aromatic heterocycles. The van der Waals surface area contributed by atoms with Gasteiger partial charge >= 0.3 is 5.97 Å². The molecule has 0 aliphatic heterocycles. The van der Waals surface area contributed by atoms with Crippen LogP contribution in [-0.2, 0) is 15.0 Å². The van der Waals surface area contributed by atoms with E-state index < -0.39 is 21.7 Å². The van der Waals surface area contributed by atoms with Gasteiger partial charge in [0, 0.05) is 11.6 Å². The summed E-state index contributed by atoms with van der Waals surface area (Å²) >= 11 is 0. The second-order valence-electron chi connectivity index (χ2n) is 5.70. The van der Waals surface area contributed by atoms with Gasteiger partial charge in [0.2, 0.25) is 0 Å². The standard InChI is InChI=1S/C14H20N2O4S/c1-10-5-6-11(7-8-13(17)18)9-12(10)15-21(19,20)16-14(2,3)4/h5-9,15-16H,1-4H3,(H,17,18)/b8-7+. The lowest BCUT2D eigenvalue weighted by atomic mass is 10.1. The first-order valence-corrected chi connectivity index (χ1v) is 7.80. The summed E-state index contributed by atoms with van der Waals surface area (Å²) in [5.74, 6) is -1.06. The van der Waals surface area contributed by atoms with Crippen molar-refractivity contribution < 1.29 is 18.3 Å². The van der Waals surface area contributed by atoms with E-state index in [2.05, 4.69) is 9.44 Å². The van der Waals surface area contributed by atoms with E-state index in [9.17, 15) is 13.2 Å². The average Bonchev–Trinajstić information content (AvgIpc) is 2.26. The molecule has 0 aliphatic rings. The molecular formula is C14H20N2O4S. The second-order valence-corrected chi connectivity index (χ2v) is 7.12. The van der Waals surface area contributed by atoms with Crippen LogP contribution in [0.5, 0.6) is 0 Å². The first kappa shape index (κ1) is 17.2. The van der Waals surface area contributed by atoms with Gasteiger partial charge in [-0.3, -0.25) is 4.72 Å². The largest absolute Gasteiger partial charge is 0.478 e. The molecule has 0 heterocycles. The molecule has 0 atom stereocenters. The van der Waals surface area contributed by atoms with E-state index in [0.717, 1.165) is 11.6 Å². The van der Waals surface area contributed by atoms with Crippen LogP contribution in [0.15, 0.2) is 24.3 Å². The van der Waals surface area contributed by atoms with Crippen molar-refractivity contribution in [1.82, 2.24) is 4.72 Å². The number of hydrogen-bond acceptors (Lipinski definition) is 3. The monoisotopic (exact) mass is 312 g/mol. The summed E-state index contributed by atoms with van der Waals surface area (Å²) in [5, 5.41) is 8.60. The minimum Gasteiger partial charge on any atom is -0.478 e. The molecule has 0 aliphatic carbocycles. The maximum Gasteiger partial charge on any atom is 0.328 e. The van der Waals surface area contributed by atoms with Crippen LogP contribution in [0.3, 0.4) is 0 Å². The smallest absolute Gasteiger partial charge is 0.328 e. The number of aryl methyl sites for hydroxylation is 1. The molecule has 3 N–H and O–H groups in total. The number of benzene rings is 1. The number of rotatable bonds is 5. The van der Waals surface area contributed by atoms with Gasteiger partial charge in [0.05, 0.1) is 5.69 Å². The van der Waals surface area contributed by atoms with Crippen molar-refractivity contribution in [3.05, 3.63) is 35.4 Å².